The van der Waals surface area contributed by atoms with Gasteiger partial charge in [0.2, 0.25) is 0 Å². The zero-order chi connectivity index (χ0) is 44.9. The van der Waals surface area contributed by atoms with Crippen molar-refractivity contribution in [1.82, 2.24) is 4.57 Å². The minimum atomic E-state index is 0.0629. The smallest absolute Gasteiger partial charge is 0.160 e. The van der Waals surface area contributed by atoms with Crippen LogP contribution in [0.5, 0.6) is 0 Å². The van der Waals surface area contributed by atoms with Gasteiger partial charge in [0.05, 0.1) is 28.1 Å². The Morgan fingerprint density at radius 2 is 1.21 bits per heavy atom. The molecular weight excluding hydrogens is 847 g/mol. The fourth-order valence-electron chi connectivity index (χ4n) is 10.8. The van der Waals surface area contributed by atoms with Gasteiger partial charge in [0, 0.05) is 64.3 Å². The van der Waals surface area contributed by atoms with Crippen molar-refractivity contribution in [3.63, 3.8) is 0 Å². The highest BCUT2D eigenvalue weighted by molar-refractivity contribution is 7.26. The average molecular weight is 888 g/mol. The number of thiophene rings is 1. The lowest BCUT2D eigenvalue weighted by Crippen LogP contribution is -2.17. The number of hydrogen-bond donors (Lipinski definition) is 0. The van der Waals surface area contributed by atoms with Gasteiger partial charge in [-0.1, -0.05) is 171 Å². The first-order valence-corrected chi connectivity index (χ1v) is 24.2. The lowest BCUT2D eigenvalue weighted by molar-refractivity contribution is 0.666. The highest BCUT2D eigenvalue weighted by Gasteiger charge is 2.27. The molecule has 4 nitrogen and oxygen atoms in total. The zero-order valence-corrected chi connectivity index (χ0v) is 38.0. The van der Waals surface area contributed by atoms with Crippen LogP contribution in [0, 0.1) is 5.92 Å². The van der Waals surface area contributed by atoms with E-state index in [0.717, 1.165) is 84.3 Å². The van der Waals surface area contributed by atoms with Crippen molar-refractivity contribution in [2.75, 3.05) is 0 Å². The molecule has 1 unspecified atom stereocenters. The summed E-state index contributed by atoms with van der Waals surface area (Å²) in [6.07, 6.45) is 3.08. The van der Waals surface area contributed by atoms with E-state index in [-0.39, 0.29) is 5.92 Å². The van der Waals surface area contributed by atoms with Gasteiger partial charge in [-0.05, 0) is 87.6 Å². The number of rotatable bonds is 5. The Morgan fingerprint density at radius 3 is 2.09 bits per heavy atom. The minimum absolute atomic E-state index is 0.0629. The third-order valence-corrected chi connectivity index (χ3v) is 15.3. The lowest BCUT2D eigenvalue weighted by Gasteiger charge is -2.21. The Balaban J connectivity index is 1.08. The van der Waals surface area contributed by atoms with E-state index >= 15 is 0 Å². The average Bonchev–Trinajstić information content (AvgIpc) is 4.07. The number of benzene rings is 10. The SMILES string of the molecule is CC1C/C=C(\c2ccc3c(oc4ccccc43)c2-n2c3cc4ccccc4cc3c3c4ccccc4ccc32)N=C(c2cccc(-c3ccccc3)c2)N=C1c1cccc2c1sc1ccccc12. The van der Waals surface area contributed by atoms with Crippen LogP contribution in [-0.2, 0) is 0 Å². The van der Waals surface area contributed by atoms with Gasteiger partial charge in [-0.25, -0.2) is 9.98 Å². The molecule has 1 aliphatic rings. The number of nitrogens with zero attached hydrogens (tertiary/aromatic N) is 3. The summed E-state index contributed by atoms with van der Waals surface area (Å²) < 4.78 is 12.1. The molecule has 1 atom stereocenters. The Labute approximate surface area is 396 Å². The predicted molar refractivity (Wildman–Crippen MR) is 289 cm³/mol. The van der Waals surface area contributed by atoms with E-state index in [1.807, 2.05) is 11.3 Å². The van der Waals surface area contributed by atoms with E-state index in [1.54, 1.807) is 0 Å². The first kappa shape index (κ1) is 38.8. The van der Waals surface area contributed by atoms with Crippen LogP contribution in [0.25, 0.3) is 108 Å². The van der Waals surface area contributed by atoms with E-state index in [1.165, 1.54) is 52.5 Å². The number of para-hydroxylation sites is 1. The van der Waals surface area contributed by atoms with Crippen LogP contribution in [0.1, 0.15) is 30.0 Å². The summed E-state index contributed by atoms with van der Waals surface area (Å²) in [6, 6.07) is 74.3. The topological polar surface area (TPSA) is 42.8 Å². The number of furan rings is 1. The van der Waals surface area contributed by atoms with Gasteiger partial charge in [-0.3, -0.25) is 0 Å². The Bertz CT molecular complexity index is 4310. The summed E-state index contributed by atoms with van der Waals surface area (Å²) >= 11 is 1.85. The van der Waals surface area contributed by atoms with E-state index in [0.29, 0.717) is 5.84 Å². The normalized spacial score (nSPS) is 15.4. The maximum atomic E-state index is 7.08. The van der Waals surface area contributed by atoms with Crippen molar-refractivity contribution in [2.24, 2.45) is 15.9 Å². The van der Waals surface area contributed by atoms with Gasteiger partial charge < -0.3 is 8.98 Å². The summed E-state index contributed by atoms with van der Waals surface area (Å²) in [5.74, 6) is 0.733. The molecule has 4 heterocycles. The molecule has 0 N–H and O–H groups in total. The molecule has 13 aromatic rings. The first-order valence-electron chi connectivity index (χ1n) is 23.4. The van der Waals surface area contributed by atoms with E-state index < -0.39 is 0 Å². The Morgan fingerprint density at radius 1 is 0.500 bits per heavy atom. The molecule has 3 aromatic heterocycles. The van der Waals surface area contributed by atoms with Crippen LogP contribution in [0.3, 0.4) is 0 Å². The second-order valence-corrected chi connectivity index (χ2v) is 19.1. The number of amidine groups is 1. The predicted octanol–water partition coefficient (Wildman–Crippen LogP) is 17.3. The van der Waals surface area contributed by atoms with E-state index in [9.17, 15) is 0 Å². The molecule has 68 heavy (non-hydrogen) atoms. The standard InChI is InChI=1S/C63H41N3OS/c1-38-29-33-53(64-63(44-21-13-20-41(35-44)39-15-3-2-4-16-39)65-59(38)51-26-14-25-49-47-24-10-12-28-57(47)68-62(49)51)50-32-31-48-46-23-9-11-27-56(46)67-61(48)60(50)66-54-34-30-40-17-7-8-22-45(40)58(54)52-36-42-18-5-6-19-43(42)37-55(52)66/h2-28,30-38H,29H2,1H3/b53-33+,64-63?,65-59?. The Hall–Kier alpha value is -8.38. The fourth-order valence-corrected chi connectivity index (χ4v) is 12.0. The van der Waals surface area contributed by atoms with Gasteiger partial charge in [-0.15, -0.1) is 11.3 Å². The molecular formula is C63H41N3OS. The van der Waals surface area contributed by atoms with Gasteiger partial charge >= 0.3 is 0 Å². The van der Waals surface area contributed by atoms with Crippen LogP contribution >= 0.6 is 11.3 Å². The van der Waals surface area contributed by atoms with Crippen molar-refractivity contribution in [2.45, 2.75) is 13.3 Å². The van der Waals surface area contributed by atoms with Gasteiger partial charge in [0.15, 0.2) is 11.4 Å². The maximum Gasteiger partial charge on any atom is 0.160 e. The van der Waals surface area contributed by atoms with Crippen molar-refractivity contribution >= 4 is 114 Å². The number of aliphatic imine (C=N–C) groups is 2. The second kappa shape index (κ2) is 15.3. The molecule has 0 spiro atoms. The zero-order valence-electron chi connectivity index (χ0n) is 37.1. The molecule has 0 bridgehead atoms. The second-order valence-electron chi connectivity index (χ2n) is 18.1. The molecule has 0 radical (unpaired) electrons. The highest BCUT2D eigenvalue weighted by Crippen LogP contribution is 2.45. The molecule has 14 rings (SSSR count). The van der Waals surface area contributed by atoms with Crippen molar-refractivity contribution in [3.8, 4) is 16.8 Å². The number of aromatic nitrogens is 1. The van der Waals surface area contributed by atoms with Gasteiger partial charge in [0.25, 0.3) is 0 Å². The van der Waals surface area contributed by atoms with Crippen LogP contribution < -0.4 is 0 Å². The van der Waals surface area contributed by atoms with Crippen molar-refractivity contribution < 1.29 is 4.42 Å². The summed E-state index contributed by atoms with van der Waals surface area (Å²) in [7, 11) is 0. The molecule has 0 saturated heterocycles. The van der Waals surface area contributed by atoms with Crippen molar-refractivity contribution in [1.29, 1.82) is 0 Å². The third kappa shape index (κ3) is 6.06. The Kier molecular flexibility index (Phi) is 8.77. The molecule has 10 aromatic carbocycles. The summed E-state index contributed by atoms with van der Waals surface area (Å²) in [5, 5.41) is 11.9. The minimum Gasteiger partial charge on any atom is -0.454 e. The third-order valence-electron chi connectivity index (χ3n) is 14.0. The molecule has 0 aliphatic carbocycles. The molecule has 1 aliphatic heterocycles. The molecule has 0 fully saturated rings. The summed E-state index contributed by atoms with van der Waals surface area (Å²) in [4.78, 5) is 11.5. The summed E-state index contributed by atoms with van der Waals surface area (Å²) in [5.41, 5.74) is 12.1. The molecule has 5 heteroatoms. The van der Waals surface area contributed by atoms with Crippen LogP contribution in [-0.4, -0.2) is 16.1 Å². The quantitative estimate of drug-likeness (QED) is 0.170. The van der Waals surface area contributed by atoms with Gasteiger partial charge in [-0.2, -0.15) is 0 Å². The molecule has 0 amide bonds. The van der Waals surface area contributed by atoms with E-state index in [4.69, 9.17) is 14.4 Å². The maximum absolute atomic E-state index is 7.08. The monoisotopic (exact) mass is 887 g/mol. The van der Waals surface area contributed by atoms with Crippen molar-refractivity contribution in [3.05, 3.63) is 229 Å². The number of fused-ring (bicyclic) bond motifs is 12. The largest absolute Gasteiger partial charge is 0.454 e. The molecule has 0 saturated carbocycles. The number of allylic oxidation sites excluding steroid dienone is 1. The fraction of sp³-hybridized carbons (Fsp3) is 0.0476. The van der Waals surface area contributed by atoms with Crippen LogP contribution in [0.4, 0.5) is 0 Å². The van der Waals surface area contributed by atoms with E-state index in [2.05, 4.69) is 224 Å². The van der Waals surface area contributed by atoms with Gasteiger partial charge in [0.1, 0.15) is 5.58 Å². The lowest BCUT2D eigenvalue weighted by atomic mass is 9.92. The van der Waals surface area contributed by atoms with Crippen LogP contribution in [0.2, 0.25) is 0 Å². The highest BCUT2D eigenvalue weighted by atomic mass is 32.1. The molecule has 320 valence electrons. The first-order chi connectivity index (χ1) is 33.6. The van der Waals surface area contributed by atoms with Crippen LogP contribution in [0.15, 0.2) is 227 Å². The number of hydrogen-bond acceptors (Lipinski definition) is 4. The summed E-state index contributed by atoms with van der Waals surface area (Å²) in [6.45, 7) is 2.31.